The summed E-state index contributed by atoms with van der Waals surface area (Å²) in [5.74, 6) is 0.143. The molecule has 1 amide bonds. The number of hydrogen-bond acceptors (Lipinski definition) is 2. The van der Waals surface area contributed by atoms with Gasteiger partial charge in [0.05, 0.1) is 6.04 Å². The number of aromatic nitrogens is 2. The van der Waals surface area contributed by atoms with Crippen LogP contribution in [0.2, 0.25) is 5.02 Å². The summed E-state index contributed by atoms with van der Waals surface area (Å²) < 4.78 is 1.82. The molecule has 0 N–H and O–H groups in total. The molecular formula is C17H22ClN3O. The highest BCUT2D eigenvalue weighted by atomic mass is 35.5. The summed E-state index contributed by atoms with van der Waals surface area (Å²) in [7, 11) is 0. The zero-order chi connectivity index (χ0) is 15.9. The molecule has 0 aliphatic rings. The van der Waals surface area contributed by atoms with Gasteiger partial charge in [0.1, 0.15) is 0 Å². The average Bonchev–Trinajstić information content (AvgIpc) is 3.01. The molecule has 0 bridgehead atoms. The van der Waals surface area contributed by atoms with Gasteiger partial charge in [-0.15, -0.1) is 0 Å². The smallest absolute Gasteiger partial charge is 0.225 e. The number of carbonyl (C=O) groups is 1. The van der Waals surface area contributed by atoms with Crippen LogP contribution in [0.3, 0.4) is 0 Å². The van der Waals surface area contributed by atoms with Gasteiger partial charge >= 0.3 is 0 Å². The van der Waals surface area contributed by atoms with E-state index in [1.54, 1.807) is 6.20 Å². The molecule has 4 nitrogen and oxygen atoms in total. The summed E-state index contributed by atoms with van der Waals surface area (Å²) in [5.41, 5.74) is 1.06. The Balaban J connectivity index is 2.01. The molecule has 0 saturated carbocycles. The van der Waals surface area contributed by atoms with Crippen molar-refractivity contribution in [3.05, 3.63) is 53.3 Å². The number of nitrogens with zero attached hydrogens (tertiary/aromatic N) is 3. The minimum absolute atomic E-state index is 0.0567. The van der Waals surface area contributed by atoms with Crippen LogP contribution < -0.4 is 0 Å². The van der Waals surface area contributed by atoms with Crippen LogP contribution in [0.4, 0.5) is 0 Å². The van der Waals surface area contributed by atoms with Crippen molar-refractivity contribution in [3.8, 4) is 0 Å². The minimum atomic E-state index is 0.0567. The lowest BCUT2D eigenvalue weighted by molar-refractivity contribution is -0.132. The summed E-state index contributed by atoms with van der Waals surface area (Å²) in [6.07, 6.45) is 5.00. The van der Waals surface area contributed by atoms with Gasteiger partial charge < -0.3 is 4.90 Å². The average molecular weight is 320 g/mol. The first-order valence-electron chi connectivity index (χ1n) is 7.61. The number of hydrogen-bond donors (Lipinski definition) is 0. The molecule has 1 aromatic carbocycles. The Bertz CT molecular complexity index is 598. The second-order valence-electron chi connectivity index (χ2n) is 5.48. The van der Waals surface area contributed by atoms with Gasteiger partial charge in [0.25, 0.3) is 0 Å². The fraction of sp³-hybridized carbons (Fsp3) is 0.412. The monoisotopic (exact) mass is 319 g/mol. The van der Waals surface area contributed by atoms with Crippen LogP contribution in [0, 0.1) is 0 Å². The third-order valence-corrected chi connectivity index (χ3v) is 3.79. The molecule has 0 aliphatic carbocycles. The number of amides is 1. The van der Waals surface area contributed by atoms with Crippen LogP contribution in [0.1, 0.15) is 38.3 Å². The van der Waals surface area contributed by atoms with Crippen LogP contribution in [0.5, 0.6) is 0 Å². The van der Waals surface area contributed by atoms with Gasteiger partial charge in [0, 0.05) is 36.9 Å². The highest BCUT2D eigenvalue weighted by molar-refractivity contribution is 6.30. The summed E-state index contributed by atoms with van der Waals surface area (Å²) in [5, 5.41) is 4.90. The standard InChI is InChI=1S/C17H22ClN3O/c1-3-9-20(13-15-6-4-7-16(18)12-15)17(22)11-14(2)21-10-5-8-19-21/h4-8,10,12,14H,3,9,11,13H2,1-2H3. The van der Waals surface area contributed by atoms with E-state index in [0.29, 0.717) is 18.0 Å². The molecule has 0 spiro atoms. The molecule has 0 fully saturated rings. The molecule has 1 atom stereocenters. The van der Waals surface area contributed by atoms with E-state index in [4.69, 9.17) is 11.6 Å². The van der Waals surface area contributed by atoms with Crippen LogP contribution in [0.15, 0.2) is 42.7 Å². The Kier molecular flexibility index (Phi) is 6.01. The lowest BCUT2D eigenvalue weighted by Crippen LogP contribution is -2.32. The van der Waals surface area contributed by atoms with Crippen molar-refractivity contribution in [2.45, 2.75) is 39.3 Å². The van der Waals surface area contributed by atoms with E-state index in [1.807, 2.05) is 53.0 Å². The van der Waals surface area contributed by atoms with E-state index in [-0.39, 0.29) is 11.9 Å². The number of rotatable bonds is 7. The number of benzene rings is 1. The first-order valence-corrected chi connectivity index (χ1v) is 7.99. The van der Waals surface area contributed by atoms with Crippen molar-refractivity contribution in [1.29, 1.82) is 0 Å². The quantitative estimate of drug-likeness (QED) is 0.775. The highest BCUT2D eigenvalue weighted by Gasteiger charge is 2.17. The Hall–Kier alpha value is -1.81. The molecule has 0 aliphatic heterocycles. The second-order valence-corrected chi connectivity index (χ2v) is 5.92. The van der Waals surface area contributed by atoms with Gasteiger partial charge in [-0.1, -0.05) is 30.7 Å². The van der Waals surface area contributed by atoms with Gasteiger partial charge in [-0.3, -0.25) is 9.48 Å². The van der Waals surface area contributed by atoms with Gasteiger partial charge in [0.15, 0.2) is 0 Å². The molecule has 5 heteroatoms. The molecule has 2 aromatic rings. The Labute approximate surface area is 136 Å². The first-order chi connectivity index (χ1) is 10.6. The zero-order valence-corrected chi connectivity index (χ0v) is 13.8. The fourth-order valence-corrected chi connectivity index (χ4v) is 2.65. The van der Waals surface area contributed by atoms with E-state index in [1.165, 1.54) is 0 Å². The number of carbonyl (C=O) groups excluding carboxylic acids is 1. The third-order valence-electron chi connectivity index (χ3n) is 3.56. The van der Waals surface area contributed by atoms with Gasteiger partial charge in [-0.2, -0.15) is 5.10 Å². The van der Waals surface area contributed by atoms with Crippen molar-refractivity contribution >= 4 is 17.5 Å². The predicted octanol–water partition coefficient (Wildman–Crippen LogP) is 3.93. The third kappa shape index (κ3) is 4.60. The maximum atomic E-state index is 12.6. The van der Waals surface area contributed by atoms with Crippen molar-refractivity contribution < 1.29 is 4.79 Å². The van der Waals surface area contributed by atoms with Gasteiger partial charge in [-0.25, -0.2) is 0 Å². The molecule has 2 rings (SSSR count). The fourth-order valence-electron chi connectivity index (χ4n) is 2.43. The Morgan fingerprint density at radius 3 is 2.86 bits per heavy atom. The van der Waals surface area contributed by atoms with E-state index in [0.717, 1.165) is 18.5 Å². The van der Waals surface area contributed by atoms with Crippen molar-refractivity contribution in [1.82, 2.24) is 14.7 Å². The van der Waals surface area contributed by atoms with Crippen LogP contribution in [0.25, 0.3) is 0 Å². The van der Waals surface area contributed by atoms with Crippen LogP contribution >= 0.6 is 11.6 Å². The summed E-state index contributed by atoms with van der Waals surface area (Å²) in [6, 6.07) is 9.60. The lowest BCUT2D eigenvalue weighted by Gasteiger charge is -2.24. The summed E-state index contributed by atoms with van der Waals surface area (Å²) in [6.45, 7) is 5.43. The number of halogens is 1. The normalized spacial score (nSPS) is 12.1. The van der Waals surface area contributed by atoms with Gasteiger partial charge in [0.2, 0.25) is 5.91 Å². The van der Waals surface area contributed by atoms with E-state index in [9.17, 15) is 4.79 Å². The van der Waals surface area contributed by atoms with E-state index in [2.05, 4.69) is 12.0 Å². The summed E-state index contributed by atoms with van der Waals surface area (Å²) in [4.78, 5) is 14.5. The summed E-state index contributed by atoms with van der Waals surface area (Å²) >= 11 is 6.02. The molecule has 0 saturated heterocycles. The molecular weight excluding hydrogens is 298 g/mol. The zero-order valence-electron chi connectivity index (χ0n) is 13.1. The molecule has 1 unspecified atom stereocenters. The molecule has 1 heterocycles. The molecule has 118 valence electrons. The Morgan fingerprint density at radius 2 is 2.23 bits per heavy atom. The van der Waals surface area contributed by atoms with Crippen LogP contribution in [-0.4, -0.2) is 27.1 Å². The van der Waals surface area contributed by atoms with E-state index >= 15 is 0 Å². The first kappa shape index (κ1) is 16.6. The minimum Gasteiger partial charge on any atom is -0.338 e. The highest BCUT2D eigenvalue weighted by Crippen LogP contribution is 2.16. The second kappa shape index (κ2) is 7.99. The Morgan fingerprint density at radius 1 is 1.41 bits per heavy atom. The van der Waals surface area contributed by atoms with Crippen molar-refractivity contribution in [2.75, 3.05) is 6.54 Å². The molecule has 1 aromatic heterocycles. The van der Waals surface area contributed by atoms with Crippen LogP contribution in [-0.2, 0) is 11.3 Å². The largest absolute Gasteiger partial charge is 0.338 e. The van der Waals surface area contributed by atoms with Crippen molar-refractivity contribution in [3.63, 3.8) is 0 Å². The van der Waals surface area contributed by atoms with Gasteiger partial charge in [-0.05, 0) is 37.1 Å². The predicted molar refractivity (Wildman–Crippen MR) is 88.7 cm³/mol. The molecule has 22 heavy (non-hydrogen) atoms. The topological polar surface area (TPSA) is 38.1 Å². The molecule has 0 radical (unpaired) electrons. The maximum absolute atomic E-state index is 12.6. The lowest BCUT2D eigenvalue weighted by atomic mass is 10.1. The SMILES string of the molecule is CCCN(Cc1cccc(Cl)c1)C(=O)CC(C)n1cccn1. The van der Waals surface area contributed by atoms with E-state index < -0.39 is 0 Å². The van der Waals surface area contributed by atoms with Crippen molar-refractivity contribution in [2.24, 2.45) is 0 Å². The maximum Gasteiger partial charge on any atom is 0.225 e.